The van der Waals surface area contributed by atoms with E-state index in [1.54, 1.807) is 0 Å². The van der Waals surface area contributed by atoms with Crippen LogP contribution in [0.1, 0.15) is 24.0 Å². The lowest BCUT2D eigenvalue weighted by molar-refractivity contribution is -0.147. The molecule has 0 N–H and O–H groups in total. The van der Waals surface area contributed by atoms with Crippen molar-refractivity contribution >= 4 is 21.9 Å². The third kappa shape index (κ3) is 3.76. The Balaban J connectivity index is 1.90. The number of piperidine rings is 1. The number of hydrogen-bond acceptors (Lipinski definition) is 4. The van der Waals surface area contributed by atoms with Gasteiger partial charge in [-0.2, -0.15) is 0 Å². The summed E-state index contributed by atoms with van der Waals surface area (Å²) in [6, 6.07) is 2.04. The maximum Gasteiger partial charge on any atom is 0.308 e. The molecule has 104 valence electrons. The molecule has 1 fully saturated rings. The van der Waals surface area contributed by atoms with Crippen molar-refractivity contribution in [1.82, 2.24) is 9.88 Å². The van der Waals surface area contributed by atoms with Crippen LogP contribution in [0.5, 0.6) is 0 Å². The number of aryl methyl sites for hydroxylation is 1. The number of pyridine rings is 1. The number of likely N-dealkylation sites (tertiary alicyclic amines) is 1. The molecular weight excluding hydrogens is 308 g/mol. The third-order valence-corrected chi connectivity index (χ3v) is 4.14. The smallest absolute Gasteiger partial charge is 0.308 e. The van der Waals surface area contributed by atoms with Gasteiger partial charge in [-0.1, -0.05) is 0 Å². The fraction of sp³-hybridized carbons (Fsp3) is 0.571. The van der Waals surface area contributed by atoms with Gasteiger partial charge in [-0.05, 0) is 66.0 Å². The number of hydrogen-bond donors (Lipinski definition) is 0. The summed E-state index contributed by atoms with van der Waals surface area (Å²) in [5.74, 6) is 0.00605. The molecular formula is C14H19BrN2O2. The third-order valence-electron chi connectivity index (χ3n) is 3.70. The van der Waals surface area contributed by atoms with Gasteiger partial charge in [0.25, 0.3) is 0 Å². The average molecular weight is 327 g/mol. The van der Waals surface area contributed by atoms with E-state index in [0.717, 1.165) is 37.1 Å². The van der Waals surface area contributed by atoms with Crippen LogP contribution in [0.2, 0.25) is 0 Å². The number of esters is 1. The second kappa shape index (κ2) is 6.48. The Morgan fingerprint density at radius 1 is 1.53 bits per heavy atom. The summed E-state index contributed by atoms with van der Waals surface area (Å²) in [5.41, 5.74) is 2.50. The second-order valence-electron chi connectivity index (χ2n) is 5.01. The predicted octanol–water partition coefficient (Wildman–Crippen LogP) is 2.54. The number of carbonyl (C=O) groups is 1. The molecule has 2 rings (SSSR count). The zero-order chi connectivity index (χ0) is 13.8. The van der Waals surface area contributed by atoms with Gasteiger partial charge in [0.1, 0.15) is 4.60 Å². The Bertz CT molecular complexity index is 457. The maximum atomic E-state index is 11.5. The molecule has 5 heteroatoms. The van der Waals surface area contributed by atoms with E-state index < -0.39 is 0 Å². The fourth-order valence-electron chi connectivity index (χ4n) is 2.45. The zero-order valence-corrected chi connectivity index (χ0v) is 12.9. The molecule has 0 saturated carbocycles. The summed E-state index contributed by atoms with van der Waals surface area (Å²) in [4.78, 5) is 18.1. The van der Waals surface area contributed by atoms with Crippen LogP contribution in [0.3, 0.4) is 0 Å². The van der Waals surface area contributed by atoms with Crippen molar-refractivity contribution in [2.45, 2.75) is 26.3 Å². The second-order valence-corrected chi connectivity index (χ2v) is 5.82. The minimum Gasteiger partial charge on any atom is -0.469 e. The largest absolute Gasteiger partial charge is 0.469 e. The molecule has 0 radical (unpaired) electrons. The van der Waals surface area contributed by atoms with E-state index in [1.165, 1.54) is 18.2 Å². The monoisotopic (exact) mass is 326 g/mol. The first-order chi connectivity index (χ1) is 9.10. The highest BCUT2D eigenvalue weighted by atomic mass is 79.9. The number of carbonyl (C=O) groups excluding carboxylic acids is 1. The molecule has 1 aromatic rings. The van der Waals surface area contributed by atoms with Crippen molar-refractivity contribution < 1.29 is 9.53 Å². The van der Waals surface area contributed by atoms with Crippen LogP contribution < -0.4 is 0 Å². The van der Waals surface area contributed by atoms with Gasteiger partial charge < -0.3 is 4.74 Å². The Hall–Kier alpha value is -0.940. The van der Waals surface area contributed by atoms with E-state index >= 15 is 0 Å². The number of aromatic nitrogens is 1. The number of halogens is 1. The van der Waals surface area contributed by atoms with E-state index in [9.17, 15) is 4.79 Å². The van der Waals surface area contributed by atoms with Crippen LogP contribution >= 0.6 is 15.9 Å². The summed E-state index contributed by atoms with van der Waals surface area (Å²) in [6.45, 7) is 4.88. The quantitative estimate of drug-likeness (QED) is 0.632. The van der Waals surface area contributed by atoms with Crippen molar-refractivity contribution in [2.75, 3.05) is 20.2 Å². The van der Waals surface area contributed by atoms with Crippen LogP contribution in [0.4, 0.5) is 0 Å². The van der Waals surface area contributed by atoms with Gasteiger partial charge in [0, 0.05) is 12.7 Å². The lowest BCUT2D eigenvalue weighted by Gasteiger charge is -2.30. The van der Waals surface area contributed by atoms with E-state index in [2.05, 4.69) is 32.7 Å². The maximum absolute atomic E-state index is 11.5. The molecule has 0 unspecified atom stereocenters. The molecule has 0 aliphatic carbocycles. The van der Waals surface area contributed by atoms with Crippen molar-refractivity contribution in [1.29, 1.82) is 0 Å². The first-order valence-corrected chi connectivity index (χ1v) is 7.30. The molecule has 0 spiro atoms. The summed E-state index contributed by atoms with van der Waals surface area (Å²) < 4.78 is 5.68. The van der Waals surface area contributed by atoms with Gasteiger partial charge >= 0.3 is 5.97 Å². The highest BCUT2D eigenvalue weighted by molar-refractivity contribution is 9.10. The SMILES string of the molecule is COC(=O)C1CCN(Cc2cnc(Br)cc2C)CC1. The van der Waals surface area contributed by atoms with Gasteiger partial charge in [-0.15, -0.1) is 0 Å². The van der Waals surface area contributed by atoms with Crippen LogP contribution in [-0.4, -0.2) is 36.1 Å². The highest BCUT2D eigenvalue weighted by Crippen LogP contribution is 2.21. The van der Waals surface area contributed by atoms with Crippen LogP contribution in [-0.2, 0) is 16.1 Å². The van der Waals surface area contributed by atoms with E-state index in [0.29, 0.717) is 0 Å². The van der Waals surface area contributed by atoms with Crippen molar-refractivity contribution in [3.05, 3.63) is 28.0 Å². The van der Waals surface area contributed by atoms with Crippen molar-refractivity contribution in [3.63, 3.8) is 0 Å². The van der Waals surface area contributed by atoms with Crippen LogP contribution in [0.25, 0.3) is 0 Å². The summed E-state index contributed by atoms with van der Waals surface area (Å²) in [6.07, 6.45) is 3.69. The fourth-order valence-corrected chi connectivity index (χ4v) is 2.90. The zero-order valence-electron chi connectivity index (χ0n) is 11.4. The average Bonchev–Trinajstić information content (AvgIpc) is 2.42. The van der Waals surface area contributed by atoms with Crippen LogP contribution in [0.15, 0.2) is 16.9 Å². The molecule has 0 aromatic carbocycles. The Kier molecular flexibility index (Phi) is 4.93. The molecule has 1 aliphatic rings. The summed E-state index contributed by atoms with van der Waals surface area (Å²) in [7, 11) is 1.46. The number of ether oxygens (including phenoxy) is 1. The normalized spacial score (nSPS) is 17.4. The van der Waals surface area contributed by atoms with Crippen molar-refractivity contribution in [2.24, 2.45) is 5.92 Å². The molecule has 4 nitrogen and oxygen atoms in total. The minimum atomic E-state index is -0.0684. The number of nitrogens with zero attached hydrogens (tertiary/aromatic N) is 2. The van der Waals surface area contributed by atoms with Gasteiger partial charge in [0.2, 0.25) is 0 Å². The highest BCUT2D eigenvalue weighted by Gasteiger charge is 2.25. The number of methoxy groups -OCH3 is 1. The lowest BCUT2D eigenvalue weighted by atomic mass is 9.96. The van der Waals surface area contributed by atoms with Crippen LogP contribution in [0, 0.1) is 12.8 Å². The summed E-state index contributed by atoms with van der Waals surface area (Å²) >= 11 is 3.38. The topological polar surface area (TPSA) is 42.4 Å². The Labute approximate surface area is 122 Å². The number of rotatable bonds is 3. The first kappa shape index (κ1) is 14.5. The van der Waals surface area contributed by atoms with E-state index in [4.69, 9.17) is 4.74 Å². The molecule has 1 saturated heterocycles. The molecule has 2 heterocycles. The van der Waals surface area contributed by atoms with Gasteiger partial charge in [-0.25, -0.2) is 4.98 Å². The Morgan fingerprint density at radius 3 is 2.79 bits per heavy atom. The Morgan fingerprint density at radius 2 is 2.21 bits per heavy atom. The van der Waals surface area contributed by atoms with E-state index in [1.807, 2.05) is 12.3 Å². The van der Waals surface area contributed by atoms with Gasteiger partial charge in [0.05, 0.1) is 13.0 Å². The minimum absolute atomic E-state index is 0.0684. The molecule has 0 bridgehead atoms. The van der Waals surface area contributed by atoms with Gasteiger partial charge in [0.15, 0.2) is 0 Å². The van der Waals surface area contributed by atoms with Crippen molar-refractivity contribution in [3.8, 4) is 0 Å². The van der Waals surface area contributed by atoms with E-state index in [-0.39, 0.29) is 11.9 Å². The molecule has 19 heavy (non-hydrogen) atoms. The predicted molar refractivity (Wildman–Crippen MR) is 76.7 cm³/mol. The first-order valence-electron chi connectivity index (χ1n) is 6.51. The van der Waals surface area contributed by atoms with Gasteiger partial charge in [-0.3, -0.25) is 9.69 Å². The molecule has 0 atom stereocenters. The lowest BCUT2D eigenvalue weighted by Crippen LogP contribution is -2.36. The molecule has 0 amide bonds. The summed E-state index contributed by atoms with van der Waals surface area (Å²) in [5, 5.41) is 0. The molecule has 1 aromatic heterocycles. The standard InChI is InChI=1S/C14H19BrN2O2/c1-10-7-13(15)16-8-12(10)9-17-5-3-11(4-6-17)14(18)19-2/h7-8,11H,3-6,9H2,1-2H3. The molecule has 1 aliphatic heterocycles.